The molecular weight excluding hydrogens is 544 g/mol. The molecule has 0 fully saturated rings. The summed E-state index contributed by atoms with van der Waals surface area (Å²) in [7, 11) is 0. The fourth-order valence-corrected chi connectivity index (χ4v) is 5.52. The Bertz CT molecular complexity index is 1630. The number of aryl methyl sites for hydroxylation is 1. The highest BCUT2D eigenvalue weighted by atomic mass is 32.1. The van der Waals surface area contributed by atoms with Gasteiger partial charge >= 0.3 is 5.97 Å². The average Bonchev–Trinajstić information content (AvgIpc) is 3.66. The summed E-state index contributed by atoms with van der Waals surface area (Å²) in [5, 5.41) is 11.9. The van der Waals surface area contributed by atoms with Crippen LogP contribution in [0.4, 0.5) is 5.13 Å². The summed E-state index contributed by atoms with van der Waals surface area (Å²) in [5.41, 5.74) is 1.23. The third-order valence-electron chi connectivity index (χ3n) is 6.57. The number of aromatic nitrogens is 1. The van der Waals surface area contributed by atoms with Crippen LogP contribution in [-0.4, -0.2) is 41.0 Å². The van der Waals surface area contributed by atoms with Crippen LogP contribution in [0.5, 0.6) is 5.75 Å². The quantitative estimate of drug-likeness (QED) is 0.0936. The van der Waals surface area contributed by atoms with Crippen LogP contribution in [0.3, 0.4) is 0 Å². The van der Waals surface area contributed by atoms with Gasteiger partial charge in [0, 0.05) is 5.39 Å². The SMILES string of the molecule is C=CCOC(=O)c1sc(N2C(=O)C(O)=C(C(=O)c3cc4ccccc4o3)C2c2ccc(OCCCC)cc2)nc1C. The highest BCUT2D eigenvalue weighted by Gasteiger charge is 2.47. The summed E-state index contributed by atoms with van der Waals surface area (Å²) in [6.07, 6.45) is 3.34. The summed E-state index contributed by atoms with van der Waals surface area (Å²) in [6.45, 7) is 7.81. The molecule has 0 saturated heterocycles. The average molecular weight is 573 g/mol. The number of para-hydroxylation sites is 1. The van der Waals surface area contributed by atoms with Crippen LogP contribution in [0.15, 0.2) is 83.0 Å². The van der Waals surface area contributed by atoms with Crippen molar-refractivity contribution in [3.05, 3.63) is 100 Å². The van der Waals surface area contributed by atoms with Gasteiger partial charge in [0.1, 0.15) is 22.8 Å². The van der Waals surface area contributed by atoms with Gasteiger partial charge in [-0.3, -0.25) is 14.5 Å². The fourth-order valence-electron chi connectivity index (χ4n) is 4.53. The van der Waals surface area contributed by atoms with Crippen LogP contribution in [0.25, 0.3) is 11.0 Å². The number of furan rings is 1. The van der Waals surface area contributed by atoms with E-state index < -0.39 is 29.5 Å². The number of hydrogen-bond donors (Lipinski definition) is 1. The molecule has 1 atom stereocenters. The van der Waals surface area contributed by atoms with Crippen LogP contribution in [-0.2, 0) is 9.53 Å². The van der Waals surface area contributed by atoms with Gasteiger partial charge in [-0.1, -0.05) is 67.7 Å². The van der Waals surface area contributed by atoms with Crippen LogP contribution in [0, 0.1) is 6.92 Å². The Morgan fingerprint density at radius 3 is 2.66 bits per heavy atom. The second kappa shape index (κ2) is 11.8. The van der Waals surface area contributed by atoms with E-state index in [2.05, 4.69) is 18.5 Å². The number of carbonyl (C=O) groups excluding carboxylic acids is 3. The number of thiazole rings is 1. The van der Waals surface area contributed by atoms with Gasteiger partial charge < -0.3 is 19.0 Å². The van der Waals surface area contributed by atoms with E-state index in [1.54, 1.807) is 55.5 Å². The highest BCUT2D eigenvalue weighted by molar-refractivity contribution is 7.17. The van der Waals surface area contributed by atoms with Crippen LogP contribution >= 0.6 is 11.3 Å². The maximum absolute atomic E-state index is 13.9. The maximum Gasteiger partial charge on any atom is 0.350 e. The molecule has 2 aromatic heterocycles. The lowest BCUT2D eigenvalue weighted by molar-refractivity contribution is -0.117. The molecule has 0 radical (unpaired) electrons. The van der Waals surface area contributed by atoms with E-state index >= 15 is 0 Å². The highest BCUT2D eigenvalue weighted by Crippen LogP contribution is 2.44. The Hall–Kier alpha value is -4.70. The van der Waals surface area contributed by atoms with Crippen molar-refractivity contribution in [3.63, 3.8) is 0 Å². The zero-order chi connectivity index (χ0) is 29.1. The third-order valence-corrected chi connectivity index (χ3v) is 7.71. The molecule has 1 aliphatic rings. The second-order valence-electron chi connectivity index (χ2n) is 9.39. The first-order valence-electron chi connectivity index (χ1n) is 13.1. The third kappa shape index (κ3) is 5.38. The summed E-state index contributed by atoms with van der Waals surface area (Å²) in [6, 6.07) is 14.6. The first-order valence-corrected chi connectivity index (χ1v) is 13.9. The molecule has 0 saturated carbocycles. The molecule has 0 spiro atoms. The molecule has 1 unspecified atom stereocenters. The van der Waals surface area contributed by atoms with Crippen molar-refractivity contribution in [1.29, 1.82) is 0 Å². The summed E-state index contributed by atoms with van der Waals surface area (Å²) in [5.74, 6) is -2.17. The lowest BCUT2D eigenvalue weighted by Crippen LogP contribution is -2.31. The van der Waals surface area contributed by atoms with Crippen LogP contribution < -0.4 is 9.64 Å². The van der Waals surface area contributed by atoms with Crippen molar-refractivity contribution in [2.45, 2.75) is 32.7 Å². The normalized spacial score (nSPS) is 15.0. The molecule has 4 aromatic rings. The molecule has 2 aromatic carbocycles. The minimum atomic E-state index is -1.05. The van der Waals surface area contributed by atoms with E-state index in [-0.39, 0.29) is 27.9 Å². The number of aliphatic hydroxyl groups excluding tert-OH is 1. The van der Waals surface area contributed by atoms with Gasteiger partial charge in [-0.15, -0.1) is 0 Å². The minimum Gasteiger partial charge on any atom is -0.503 e. The predicted octanol–water partition coefficient (Wildman–Crippen LogP) is 6.50. The van der Waals surface area contributed by atoms with E-state index in [0.717, 1.165) is 24.2 Å². The number of carbonyl (C=O) groups is 3. The molecule has 41 heavy (non-hydrogen) atoms. The number of anilines is 1. The minimum absolute atomic E-state index is 0.0158. The van der Waals surface area contributed by atoms with E-state index in [1.807, 2.05) is 6.07 Å². The van der Waals surface area contributed by atoms with E-state index in [9.17, 15) is 19.5 Å². The molecule has 10 heteroatoms. The number of aliphatic hydroxyl groups is 1. The zero-order valence-electron chi connectivity index (χ0n) is 22.6. The molecule has 1 N–H and O–H groups in total. The Morgan fingerprint density at radius 1 is 1.20 bits per heavy atom. The van der Waals surface area contributed by atoms with Gasteiger partial charge in [0.15, 0.2) is 16.7 Å². The standard InChI is InChI=1S/C31H28N2O7S/c1-4-6-16-38-21-13-11-19(12-14-21)25-24(26(34)23-17-20-9-7-8-10-22(20)40-23)27(35)29(36)33(25)31-32-18(3)28(41-31)30(37)39-15-5-2/h5,7-14,17,25,35H,2,4,6,15-16H2,1,3H3. The monoisotopic (exact) mass is 572 g/mol. The number of benzene rings is 2. The summed E-state index contributed by atoms with van der Waals surface area (Å²) in [4.78, 5) is 45.9. The number of fused-ring (bicyclic) bond motifs is 1. The number of rotatable bonds is 11. The summed E-state index contributed by atoms with van der Waals surface area (Å²) < 4.78 is 16.7. The van der Waals surface area contributed by atoms with Gasteiger partial charge in [-0.05, 0) is 43.2 Å². The molecule has 1 aliphatic heterocycles. The smallest absolute Gasteiger partial charge is 0.350 e. The fraction of sp³-hybridized carbons (Fsp3) is 0.226. The van der Waals surface area contributed by atoms with Gasteiger partial charge in [0.25, 0.3) is 5.91 Å². The lowest BCUT2D eigenvalue weighted by atomic mass is 9.95. The number of unbranched alkanes of at least 4 members (excludes halogenated alkanes) is 1. The first-order chi connectivity index (χ1) is 19.8. The van der Waals surface area contributed by atoms with Crippen LogP contribution in [0.2, 0.25) is 0 Å². The number of esters is 1. The molecule has 0 aliphatic carbocycles. The van der Waals surface area contributed by atoms with Crippen molar-refractivity contribution in [1.82, 2.24) is 4.98 Å². The van der Waals surface area contributed by atoms with Crippen molar-refractivity contribution >= 4 is 45.1 Å². The molecular formula is C31H28N2O7S. The Kier molecular flexibility index (Phi) is 8.02. The largest absolute Gasteiger partial charge is 0.503 e. The Balaban J connectivity index is 1.57. The van der Waals surface area contributed by atoms with E-state index in [1.165, 1.54) is 11.0 Å². The van der Waals surface area contributed by atoms with Crippen molar-refractivity contribution < 1.29 is 33.4 Å². The molecule has 210 valence electrons. The van der Waals surface area contributed by atoms with Gasteiger partial charge in [0.05, 0.1) is 23.9 Å². The number of Topliss-reactive ketones (excluding diaryl/α,β-unsaturated/α-hetero) is 1. The number of amides is 1. The maximum atomic E-state index is 13.9. The van der Waals surface area contributed by atoms with Crippen LogP contribution in [0.1, 0.15) is 57.3 Å². The lowest BCUT2D eigenvalue weighted by Gasteiger charge is -2.24. The number of nitrogens with zero attached hydrogens (tertiary/aromatic N) is 2. The molecule has 5 rings (SSSR count). The van der Waals surface area contributed by atoms with Crippen molar-refractivity contribution in [2.24, 2.45) is 0 Å². The Morgan fingerprint density at radius 2 is 1.95 bits per heavy atom. The van der Waals surface area contributed by atoms with E-state index in [0.29, 0.717) is 34.6 Å². The van der Waals surface area contributed by atoms with Gasteiger partial charge in [-0.25, -0.2) is 9.78 Å². The first kappa shape index (κ1) is 27.9. The zero-order valence-corrected chi connectivity index (χ0v) is 23.4. The van der Waals surface area contributed by atoms with E-state index in [4.69, 9.17) is 13.9 Å². The summed E-state index contributed by atoms with van der Waals surface area (Å²) >= 11 is 0.938. The Labute approximate surface area is 240 Å². The number of hydrogen-bond acceptors (Lipinski definition) is 9. The number of ether oxygens (including phenoxy) is 2. The molecule has 9 nitrogen and oxygen atoms in total. The molecule has 1 amide bonds. The van der Waals surface area contributed by atoms with Gasteiger partial charge in [0.2, 0.25) is 5.78 Å². The predicted molar refractivity (Wildman–Crippen MR) is 155 cm³/mol. The number of ketones is 1. The molecule has 3 heterocycles. The molecule has 0 bridgehead atoms. The second-order valence-corrected chi connectivity index (χ2v) is 10.4. The van der Waals surface area contributed by atoms with Crippen molar-refractivity contribution in [3.8, 4) is 5.75 Å². The topological polar surface area (TPSA) is 119 Å². The van der Waals surface area contributed by atoms with Gasteiger partial charge in [-0.2, -0.15) is 0 Å². The van der Waals surface area contributed by atoms with Crippen molar-refractivity contribution in [2.75, 3.05) is 18.1 Å².